The molecule has 1 fully saturated rings. The summed E-state index contributed by atoms with van der Waals surface area (Å²) in [4.78, 5) is 15.7. The average Bonchev–Trinajstić information content (AvgIpc) is 2.63. The van der Waals surface area contributed by atoms with Gasteiger partial charge in [-0.2, -0.15) is 0 Å². The fourth-order valence-electron chi connectivity index (χ4n) is 2.90. The first-order valence-corrected chi connectivity index (χ1v) is 8.39. The Hall–Kier alpha value is -1.97. The van der Waals surface area contributed by atoms with Crippen LogP contribution in [0.4, 0.5) is 0 Å². The van der Waals surface area contributed by atoms with Gasteiger partial charge in [-0.05, 0) is 24.3 Å². The van der Waals surface area contributed by atoms with Crippen LogP contribution < -0.4 is 10.1 Å². The fourth-order valence-corrected chi connectivity index (χ4v) is 3.12. The minimum Gasteiger partial charge on any atom is -0.460 e. The van der Waals surface area contributed by atoms with Gasteiger partial charge in [0.25, 0.3) is 0 Å². The lowest BCUT2D eigenvalue weighted by atomic mass is 9.97. The molecule has 9 heteroatoms. The Morgan fingerprint density at radius 2 is 2.12 bits per heavy atom. The van der Waals surface area contributed by atoms with E-state index in [2.05, 4.69) is 10.3 Å². The Labute approximate surface area is 154 Å². The number of hydrogen-bond donors (Lipinski definition) is 4. The highest BCUT2D eigenvalue weighted by Gasteiger charge is 2.46. The molecule has 0 unspecified atom stereocenters. The zero-order chi connectivity index (χ0) is 18.8. The molecule has 0 aliphatic carbocycles. The number of ether oxygens (including phenoxy) is 2. The third-order valence-electron chi connectivity index (χ3n) is 4.17. The number of carbonyl (C=O) groups is 1. The normalized spacial score (nSPS) is 28.7. The Balaban J connectivity index is 1.95. The lowest BCUT2D eigenvalue weighted by Gasteiger charge is -2.42. The van der Waals surface area contributed by atoms with Crippen LogP contribution in [0, 0.1) is 0 Å². The third kappa shape index (κ3) is 3.60. The Morgan fingerprint density at radius 3 is 2.81 bits per heavy atom. The number of hydrogen-bond acceptors (Lipinski definition) is 7. The van der Waals surface area contributed by atoms with Crippen LogP contribution in [0.5, 0.6) is 5.75 Å². The highest BCUT2D eigenvalue weighted by molar-refractivity contribution is 6.35. The van der Waals surface area contributed by atoms with E-state index in [1.165, 1.54) is 6.92 Å². The van der Waals surface area contributed by atoms with Gasteiger partial charge in [0.2, 0.25) is 12.2 Å². The maximum Gasteiger partial charge on any atom is 0.223 e. The number of rotatable bonds is 4. The van der Waals surface area contributed by atoms with E-state index in [0.29, 0.717) is 21.7 Å². The molecule has 4 N–H and O–H groups in total. The smallest absolute Gasteiger partial charge is 0.223 e. The highest BCUT2D eigenvalue weighted by atomic mass is 35.5. The van der Waals surface area contributed by atoms with E-state index in [1.807, 2.05) is 0 Å². The standard InChI is InChI=1S/C17H19ClN2O6/c1-8(22)20-14-16(24)15(23)12(7-21)26-17(14)25-11-5-4-10(18)9-3-2-6-19-13(9)11/h2-6,12,14-17,21,23-24H,7H2,1H3,(H,20,22)/t12-,14+,15-,16+,17-/m1/s1. The van der Waals surface area contributed by atoms with Crippen molar-refractivity contribution in [3.05, 3.63) is 35.5 Å². The summed E-state index contributed by atoms with van der Waals surface area (Å²) in [6.07, 6.45) is -3.40. The summed E-state index contributed by atoms with van der Waals surface area (Å²) < 4.78 is 11.4. The van der Waals surface area contributed by atoms with Gasteiger partial charge in [-0.25, -0.2) is 0 Å². The van der Waals surface area contributed by atoms with Crippen molar-refractivity contribution < 1.29 is 29.6 Å². The summed E-state index contributed by atoms with van der Waals surface area (Å²) >= 11 is 6.17. The van der Waals surface area contributed by atoms with Crippen molar-refractivity contribution in [1.82, 2.24) is 10.3 Å². The van der Waals surface area contributed by atoms with E-state index in [0.717, 1.165) is 0 Å². The maximum absolute atomic E-state index is 11.5. The monoisotopic (exact) mass is 382 g/mol. The second kappa shape index (κ2) is 7.73. The molecule has 3 rings (SSSR count). The number of pyridine rings is 1. The number of aliphatic hydroxyl groups is 3. The van der Waals surface area contributed by atoms with Crippen molar-refractivity contribution in [2.24, 2.45) is 0 Å². The minimum absolute atomic E-state index is 0.325. The molecule has 1 aromatic carbocycles. The van der Waals surface area contributed by atoms with E-state index in [4.69, 9.17) is 21.1 Å². The summed E-state index contributed by atoms with van der Waals surface area (Å²) in [6, 6.07) is 5.69. The van der Waals surface area contributed by atoms with E-state index in [-0.39, 0.29) is 0 Å². The van der Waals surface area contributed by atoms with Gasteiger partial charge in [0.15, 0.2) is 0 Å². The van der Waals surface area contributed by atoms with E-state index in [1.54, 1.807) is 30.5 Å². The fraction of sp³-hybridized carbons (Fsp3) is 0.412. The van der Waals surface area contributed by atoms with Gasteiger partial charge in [-0.3, -0.25) is 9.78 Å². The molecule has 1 aliphatic heterocycles. The lowest BCUT2D eigenvalue weighted by Crippen LogP contribution is -2.65. The molecule has 26 heavy (non-hydrogen) atoms. The molecule has 140 valence electrons. The number of fused-ring (bicyclic) bond motifs is 1. The van der Waals surface area contributed by atoms with Crippen molar-refractivity contribution >= 4 is 28.4 Å². The van der Waals surface area contributed by atoms with Gasteiger partial charge in [0.05, 0.1) is 11.6 Å². The molecule has 1 aliphatic rings. The molecular formula is C17H19ClN2O6. The molecule has 0 spiro atoms. The van der Waals surface area contributed by atoms with Crippen LogP contribution in [0.25, 0.3) is 10.9 Å². The number of nitrogens with one attached hydrogen (secondary N) is 1. The summed E-state index contributed by atoms with van der Waals surface area (Å²) in [6.45, 7) is 0.748. The SMILES string of the molecule is CC(=O)N[C@@H]1[C@H](Oc2ccc(Cl)c3cccnc23)O[C@H](CO)[C@@H](O)[C@H]1O. The second-order valence-electron chi connectivity index (χ2n) is 6.00. The van der Waals surface area contributed by atoms with Gasteiger partial charge < -0.3 is 30.1 Å². The van der Waals surface area contributed by atoms with Gasteiger partial charge in [0.1, 0.15) is 35.6 Å². The van der Waals surface area contributed by atoms with Gasteiger partial charge >= 0.3 is 0 Å². The Morgan fingerprint density at radius 1 is 1.35 bits per heavy atom. The molecule has 5 atom stereocenters. The highest BCUT2D eigenvalue weighted by Crippen LogP contribution is 2.32. The number of nitrogens with zero attached hydrogens (tertiary/aromatic N) is 1. The summed E-state index contributed by atoms with van der Waals surface area (Å²) in [5, 5.41) is 33.4. The number of amides is 1. The van der Waals surface area contributed by atoms with Crippen molar-refractivity contribution in [3.63, 3.8) is 0 Å². The van der Waals surface area contributed by atoms with Crippen molar-refractivity contribution in [1.29, 1.82) is 0 Å². The average molecular weight is 383 g/mol. The topological polar surface area (TPSA) is 121 Å². The summed E-state index contributed by atoms with van der Waals surface area (Å²) in [5.41, 5.74) is 0.478. The van der Waals surface area contributed by atoms with Gasteiger partial charge in [-0.1, -0.05) is 11.6 Å². The molecule has 8 nitrogen and oxygen atoms in total. The predicted octanol–water partition coefficient (Wildman–Crippen LogP) is 0.211. The largest absolute Gasteiger partial charge is 0.460 e. The Bertz CT molecular complexity index is 804. The van der Waals surface area contributed by atoms with Crippen LogP contribution in [0.15, 0.2) is 30.5 Å². The first-order chi connectivity index (χ1) is 12.4. The van der Waals surface area contributed by atoms with E-state index < -0.39 is 43.2 Å². The number of aliphatic hydroxyl groups excluding tert-OH is 3. The summed E-state index contributed by atoms with van der Waals surface area (Å²) in [5.74, 6) is -0.106. The van der Waals surface area contributed by atoms with Crippen LogP contribution >= 0.6 is 11.6 Å². The van der Waals surface area contributed by atoms with Crippen molar-refractivity contribution in [3.8, 4) is 5.75 Å². The van der Waals surface area contributed by atoms with Gasteiger partial charge in [0, 0.05) is 18.5 Å². The molecule has 0 saturated carbocycles. The molecule has 2 aromatic rings. The van der Waals surface area contributed by atoms with E-state index in [9.17, 15) is 20.1 Å². The number of carbonyl (C=O) groups excluding carboxylic acids is 1. The number of benzene rings is 1. The maximum atomic E-state index is 11.5. The quantitative estimate of drug-likeness (QED) is 0.596. The molecular weight excluding hydrogens is 364 g/mol. The van der Waals surface area contributed by atoms with E-state index >= 15 is 0 Å². The molecule has 1 aromatic heterocycles. The van der Waals surface area contributed by atoms with Crippen LogP contribution in [0.3, 0.4) is 0 Å². The Kier molecular flexibility index (Phi) is 5.59. The first-order valence-electron chi connectivity index (χ1n) is 8.02. The van der Waals surface area contributed by atoms with Crippen molar-refractivity contribution in [2.75, 3.05) is 6.61 Å². The molecule has 2 heterocycles. The van der Waals surface area contributed by atoms with Crippen LogP contribution in [-0.2, 0) is 9.53 Å². The summed E-state index contributed by atoms with van der Waals surface area (Å²) in [7, 11) is 0. The minimum atomic E-state index is -1.39. The molecule has 0 radical (unpaired) electrons. The lowest BCUT2D eigenvalue weighted by molar-refractivity contribution is -0.244. The first kappa shape index (κ1) is 18.8. The molecule has 0 bridgehead atoms. The van der Waals surface area contributed by atoms with Gasteiger partial charge in [-0.15, -0.1) is 0 Å². The second-order valence-corrected chi connectivity index (χ2v) is 6.40. The third-order valence-corrected chi connectivity index (χ3v) is 4.50. The molecule has 1 saturated heterocycles. The van der Waals surface area contributed by atoms with Crippen LogP contribution in [0.1, 0.15) is 6.92 Å². The number of aromatic nitrogens is 1. The zero-order valence-corrected chi connectivity index (χ0v) is 14.6. The van der Waals surface area contributed by atoms with Crippen LogP contribution in [0.2, 0.25) is 5.02 Å². The van der Waals surface area contributed by atoms with Crippen molar-refractivity contribution in [2.45, 2.75) is 37.6 Å². The number of halogens is 1. The predicted molar refractivity (Wildman–Crippen MR) is 92.7 cm³/mol. The van der Waals surface area contributed by atoms with Crippen LogP contribution in [-0.4, -0.2) is 63.5 Å². The molecule has 1 amide bonds. The zero-order valence-electron chi connectivity index (χ0n) is 13.9.